The Morgan fingerprint density at radius 2 is 2.00 bits per heavy atom. The number of alkyl halides is 1. The van der Waals surface area contributed by atoms with Gasteiger partial charge in [-0.25, -0.2) is 8.78 Å². The van der Waals surface area contributed by atoms with Crippen LogP contribution in [0.1, 0.15) is 11.1 Å². The molecular weight excluding hydrogens is 270 g/mol. The van der Waals surface area contributed by atoms with Crippen molar-refractivity contribution in [1.82, 2.24) is 0 Å². The summed E-state index contributed by atoms with van der Waals surface area (Å²) < 4.78 is 30.9. The van der Waals surface area contributed by atoms with Gasteiger partial charge in [-0.1, -0.05) is 15.9 Å². The number of hydrogen-bond acceptors (Lipinski definition) is 2. The minimum absolute atomic E-state index is 0.0105. The summed E-state index contributed by atoms with van der Waals surface area (Å²) in [7, 11) is 1.20. The lowest BCUT2D eigenvalue weighted by atomic mass is 10.1. The molecule has 0 aliphatic rings. The van der Waals surface area contributed by atoms with Crippen LogP contribution >= 0.6 is 15.9 Å². The number of carbonyl (C=O) groups excluding carboxylic acids is 1. The molecule has 0 aromatic heterocycles. The van der Waals surface area contributed by atoms with Gasteiger partial charge in [0, 0.05) is 16.5 Å². The van der Waals surface area contributed by atoms with Gasteiger partial charge in [-0.15, -0.1) is 0 Å². The van der Waals surface area contributed by atoms with Gasteiger partial charge in [0.15, 0.2) is 0 Å². The summed E-state index contributed by atoms with van der Waals surface area (Å²) in [5.41, 5.74) is 0.199. The van der Waals surface area contributed by atoms with E-state index in [1.54, 1.807) is 0 Å². The van der Waals surface area contributed by atoms with Crippen LogP contribution in [0, 0.1) is 11.6 Å². The summed E-state index contributed by atoms with van der Waals surface area (Å²) >= 11 is 3.04. The maximum atomic E-state index is 13.5. The molecule has 82 valence electrons. The van der Waals surface area contributed by atoms with E-state index in [2.05, 4.69) is 20.7 Å². The van der Waals surface area contributed by atoms with Gasteiger partial charge in [0.05, 0.1) is 13.5 Å². The Labute approximate surface area is 94.4 Å². The van der Waals surface area contributed by atoms with Gasteiger partial charge >= 0.3 is 5.97 Å². The van der Waals surface area contributed by atoms with Crippen molar-refractivity contribution in [1.29, 1.82) is 0 Å². The average Bonchev–Trinajstić information content (AvgIpc) is 2.22. The molecule has 0 heterocycles. The quantitative estimate of drug-likeness (QED) is 0.628. The Morgan fingerprint density at radius 1 is 1.40 bits per heavy atom. The van der Waals surface area contributed by atoms with E-state index in [9.17, 15) is 13.6 Å². The van der Waals surface area contributed by atoms with Crippen LogP contribution in [0.2, 0.25) is 0 Å². The molecular formula is C10H9BrF2O2. The number of esters is 1. The highest BCUT2D eigenvalue weighted by atomic mass is 79.9. The van der Waals surface area contributed by atoms with E-state index in [4.69, 9.17) is 0 Å². The SMILES string of the molecule is COC(=O)Cc1cc(F)cc(CBr)c1F. The van der Waals surface area contributed by atoms with E-state index in [1.807, 2.05) is 0 Å². The molecule has 1 aromatic carbocycles. The third-order valence-electron chi connectivity index (χ3n) is 1.89. The number of halogens is 3. The number of rotatable bonds is 3. The molecule has 0 N–H and O–H groups in total. The fourth-order valence-electron chi connectivity index (χ4n) is 1.16. The first-order valence-corrected chi connectivity index (χ1v) is 5.30. The highest BCUT2D eigenvalue weighted by molar-refractivity contribution is 9.08. The first-order chi connectivity index (χ1) is 7.08. The predicted octanol–water partition coefficient (Wildman–Crippen LogP) is 2.58. The van der Waals surface area contributed by atoms with Crippen molar-refractivity contribution in [2.75, 3.05) is 7.11 Å². The fourth-order valence-corrected chi connectivity index (χ4v) is 1.57. The van der Waals surface area contributed by atoms with Crippen LogP contribution in [0.4, 0.5) is 8.78 Å². The van der Waals surface area contributed by atoms with Crippen molar-refractivity contribution in [2.45, 2.75) is 11.8 Å². The van der Waals surface area contributed by atoms with Crippen LogP contribution in [0.25, 0.3) is 0 Å². The topological polar surface area (TPSA) is 26.3 Å². The molecule has 1 aromatic rings. The van der Waals surface area contributed by atoms with Crippen molar-refractivity contribution in [3.05, 3.63) is 34.9 Å². The lowest BCUT2D eigenvalue weighted by Gasteiger charge is -2.06. The molecule has 0 unspecified atom stereocenters. The second-order valence-electron chi connectivity index (χ2n) is 2.92. The van der Waals surface area contributed by atoms with Gasteiger partial charge in [-0.05, 0) is 12.1 Å². The standard InChI is InChI=1S/C10H9BrF2O2/c1-15-9(14)4-6-2-8(12)3-7(5-11)10(6)13/h2-3H,4-5H2,1H3. The maximum absolute atomic E-state index is 13.5. The fraction of sp³-hybridized carbons (Fsp3) is 0.300. The smallest absolute Gasteiger partial charge is 0.310 e. The summed E-state index contributed by atoms with van der Waals surface area (Å²) in [5.74, 6) is -1.73. The molecule has 0 saturated heterocycles. The van der Waals surface area contributed by atoms with Gasteiger partial charge in [0.25, 0.3) is 0 Å². The van der Waals surface area contributed by atoms with Crippen LogP contribution in [0.15, 0.2) is 12.1 Å². The Hall–Kier alpha value is -0.970. The summed E-state index contributed by atoms with van der Waals surface area (Å²) in [6.45, 7) is 0. The minimum Gasteiger partial charge on any atom is -0.469 e. The summed E-state index contributed by atoms with van der Waals surface area (Å²) in [4.78, 5) is 10.9. The number of carbonyl (C=O) groups is 1. The van der Waals surface area contributed by atoms with Gasteiger partial charge in [0.2, 0.25) is 0 Å². The van der Waals surface area contributed by atoms with Gasteiger partial charge < -0.3 is 4.74 Å². The van der Waals surface area contributed by atoms with Gasteiger partial charge in [-0.2, -0.15) is 0 Å². The lowest BCUT2D eigenvalue weighted by molar-refractivity contribution is -0.139. The molecule has 0 fully saturated rings. The minimum atomic E-state index is -0.597. The molecule has 1 rings (SSSR count). The maximum Gasteiger partial charge on any atom is 0.310 e. The Kier molecular flexibility index (Phi) is 4.20. The molecule has 0 aliphatic heterocycles. The monoisotopic (exact) mass is 278 g/mol. The molecule has 0 bridgehead atoms. The summed E-state index contributed by atoms with van der Waals surface area (Å²) in [6.07, 6.45) is -0.264. The second-order valence-corrected chi connectivity index (χ2v) is 3.49. The van der Waals surface area contributed by atoms with Crippen molar-refractivity contribution in [2.24, 2.45) is 0 Å². The molecule has 0 atom stereocenters. The van der Waals surface area contributed by atoms with E-state index in [-0.39, 0.29) is 22.9 Å². The Morgan fingerprint density at radius 3 is 2.53 bits per heavy atom. The Balaban J connectivity index is 3.06. The zero-order valence-corrected chi connectivity index (χ0v) is 9.61. The third kappa shape index (κ3) is 2.99. The third-order valence-corrected chi connectivity index (χ3v) is 2.50. The lowest BCUT2D eigenvalue weighted by Crippen LogP contribution is -2.08. The normalized spacial score (nSPS) is 10.1. The molecule has 0 saturated carbocycles. The van der Waals surface area contributed by atoms with Crippen LogP contribution in [0.5, 0.6) is 0 Å². The molecule has 5 heteroatoms. The first kappa shape index (κ1) is 12.1. The molecule has 0 aliphatic carbocycles. The van der Waals surface area contributed by atoms with Crippen LogP contribution in [0.3, 0.4) is 0 Å². The molecule has 2 nitrogen and oxygen atoms in total. The van der Waals surface area contributed by atoms with Crippen molar-refractivity contribution >= 4 is 21.9 Å². The van der Waals surface area contributed by atoms with E-state index in [1.165, 1.54) is 7.11 Å². The summed E-state index contributed by atoms with van der Waals surface area (Å²) in [5, 5.41) is 0.199. The molecule has 0 radical (unpaired) electrons. The van der Waals surface area contributed by atoms with Crippen LogP contribution < -0.4 is 0 Å². The van der Waals surface area contributed by atoms with E-state index in [0.29, 0.717) is 0 Å². The van der Waals surface area contributed by atoms with E-state index in [0.717, 1.165) is 12.1 Å². The molecule has 0 spiro atoms. The molecule has 0 amide bonds. The number of benzene rings is 1. The zero-order chi connectivity index (χ0) is 11.4. The summed E-state index contributed by atoms with van der Waals surface area (Å²) in [6, 6.07) is 2.09. The Bertz CT molecular complexity index is 380. The molecule has 15 heavy (non-hydrogen) atoms. The van der Waals surface area contributed by atoms with Crippen molar-refractivity contribution < 1.29 is 18.3 Å². The van der Waals surface area contributed by atoms with Crippen molar-refractivity contribution in [3.8, 4) is 0 Å². The average molecular weight is 279 g/mol. The van der Waals surface area contributed by atoms with Gasteiger partial charge in [-0.3, -0.25) is 4.79 Å². The highest BCUT2D eigenvalue weighted by Gasteiger charge is 2.13. The van der Waals surface area contributed by atoms with Gasteiger partial charge in [0.1, 0.15) is 11.6 Å². The number of ether oxygens (including phenoxy) is 1. The first-order valence-electron chi connectivity index (χ1n) is 4.18. The second kappa shape index (κ2) is 5.21. The van der Waals surface area contributed by atoms with Crippen LogP contribution in [-0.2, 0) is 21.3 Å². The zero-order valence-electron chi connectivity index (χ0n) is 8.02. The van der Waals surface area contributed by atoms with Crippen LogP contribution in [-0.4, -0.2) is 13.1 Å². The largest absolute Gasteiger partial charge is 0.469 e. The number of methoxy groups -OCH3 is 1. The number of hydrogen-bond donors (Lipinski definition) is 0. The van der Waals surface area contributed by atoms with E-state index >= 15 is 0 Å². The van der Waals surface area contributed by atoms with Crippen molar-refractivity contribution in [3.63, 3.8) is 0 Å². The predicted molar refractivity (Wildman–Crippen MR) is 54.7 cm³/mol. The highest BCUT2D eigenvalue weighted by Crippen LogP contribution is 2.18. The van der Waals surface area contributed by atoms with E-state index < -0.39 is 17.6 Å².